The third-order valence-electron chi connectivity index (χ3n) is 2.77. The summed E-state index contributed by atoms with van der Waals surface area (Å²) < 4.78 is 15.3. The fourth-order valence-corrected chi connectivity index (χ4v) is 1.75. The van der Waals surface area contributed by atoms with Crippen LogP contribution >= 0.6 is 0 Å². The van der Waals surface area contributed by atoms with Crippen molar-refractivity contribution in [2.75, 3.05) is 6.54 Å². The lowest BCUT2D eigenvalue weighted by Gasteiger charge is -2.07. The van der Waals surface area contributed by atoms with Gasteiger partial charge in [0.05, 0.1) is 0 Å². The minimum absolute atomic E-state index is 0.317. The number of nitrogens with one attached hydrogen (secondary N) is 1. The number of benzene rings is 1. The Morgan fingerprint density at radius 1 is 1.53 bits per heavy atom. The zero-order valence-corrected chi connectivity index (χ0v) is 10.4. The molecule has 0 saturated carbocycles. The van der Waals surface area contributed by atoms with Crippen LogP contribution in [0.15, 0.2) is 30.6 Å². The third-order valence-corrected chi connectivity index (χ3v) is 2.77. The van der Waals surface area contributed by atoms with E-state index in [0.717, 1.165) is 11.9 Å². The number of carbonyl (C=O) groups excluding carboxylic acids is 1. The zero-order valence-electron chi connectivity index (χ0n) is 10.4. The van der Waals surface area contributed by atoms with Crippen molar-refractivity contribution in [3.63, 3.8) is 0 Å². The molecule has 0 aliphatic heterocycles. The number of halogens is 1. The highest BCUT2D eigenvalue weighted by molar-refractivity contribution is 5.97. The Hall–Kier alpha value is -2.37. The normalized spacial score (nSPS) is 10.4. The molecular weight excluding hydrogens is 249 g/mol. The molecule has 1 amide bonds. The molecule has 0 aliphatic carbocycles. The predicted octanol–water partition coefficient (Wildman–Crippen LogP) is 1.24. The first-order valence-corrected chi connectivity index (χ1v) is 5.81. The van der Waals surface area contributed by atoms with Gasteiger partial charge in [-0.25, -0.2) is 9.37 Å². The van der Waals surface area contributed by atoms with Gasteiger partial charge in [-0.3, -0.25) is 4.79 Å². The number of aryl methyl sites for hydroxylation is 1. The summed E-state index contributed by atoms with van der Waals surface area (Å²) in [5.74, 6) is -0.924. The minimum Gasteiger partial charge on any atom is -0.507 e. The molecule has 0 spiro atoms. The van der Waals surface area contributed by atoms with Crippen LogP contribution in [0.5, 0.6) is 5.75 Å². The van der Waals surface area contributed by atoms with Crippen LogP contribution < -0.4 is 5.32 Å². The van der Waals surface area contributed by atoms with Crippen molar-refractivity contribution in [1.29, 1.82) is 0 Å². The van der Waals surface area contributed by atoms with E-state index in [1.165, 1.54) is 12.1 Å². The van der Waals surface area contributed by atoms with Crippen molar-refractivity contribution >= 4 is 5.91 Å². The summed E-state index contributed by atoms with van der Waals surface area (Å²) in [7, 11) is 1.85. The van der Waals surface area contributed by atoms with E-state index in [2.05, 4.69) is 10.3 Å². The Morgan fingerprint density at radius 2 is 2.32 bits per heavy atom. The number of aromatic hydroxyl groups is 1. The van der Waals surface area contributed by atoms with E-state index < -0.39 is 11.7 Å². The Bertz CT molecular complexity index is 575. The summed E-state index contributed by atoms with van der Waals surface area (Å²) in [5.41, 5.74) is -0.331. The Kier molecular flexibility index (Phi) is 3.79. The fraction of sp³-hybridized carbons (Fsp3) is 0.231. The van der Waals surface area contributed by atoms with Crippen LogP contribution in [0, 0.1) is 5.82 Å². The molecule has 0 aliphatic rings. The summed E-state index contributed by atoms with van der Waals surface area (Å²) in [6.45, 7) is 0.317. The van der Waals surface area contributed by atoms with Crippen molar-refractivity contribution < 1.29 is 14.3 Å². The second-order valence-electron chi connectivity index (χ2n) is 4.09. The maximum atomic E-state index is 13.4. The number of imidazole rings is 1. The van der Waals surface area contributed by atoms with E-state index in [1.54, 1.807) is 12.4 Å². The lowest BCUT2D eigenvalue weighted by atomic mass is 10.1. The van der Waals surface area contributed by atoms with Gasteiger partial charge in [-0.1, -0.05) is 6.07 Å². The van der Waals surface area contributed by atoms with Crippen LogP contribution in [-0.2, 0) is 13.5 Å². The molecule has 0 bridgehead atoms. The van der Waals surface area contributed by atoms with E-state index in [0.29, 0.717) is 13.0 Å². The molecule has 0 saturated heterocycles. The zero-order chi connectivity index (χ0) is 13.8. The van der Waals surface area contributed by atoms with Gasteiger partial charge in [-0.15, -0.1) is 0 Å². The van der Waals surface area contributed by atoms with E-state index in [1.807, 2.05) is 11.6 Å². The summed E-state index contributed by atoms with van der Waals surface area (Å²) in [4.78, 5) is 15.9. The number of hydrogen-bond donors (Lipinski definition) is 2. The van der Waals surface area contributed by atoms with Crippen molar-refractivity contribution in [1.82, 2.24) is 14.9 Å². The highest BCUT2D eigenvalue weighted by Gasteiger charge is 2.15. The lowest BCUT2D eigenvalue weighted by molar-refractivity contribution is 0.0947. The molecule has 6 heteroatoms. The van der Waals surface area contributed by atoms with Gasteiger partial charge in [0.1, 0.15) is 23.0 Å². The van der Waals surface area contributed by atoms with Crippen LogP contribution in [-0.4, -0.2) is 27.1 Å². The number of nitrogens with zero attached hydrogens (tertiary/aromatic N) is 2. The summed E-state index contributed by atoms with van der Waals surface area (Å²) in [5, 5.41) is 12.0. The van der Waals surface area contributed by atoms with E-state index in [9.17, 15) is 14.3 Å². The Labute approximate surface area is 109 Å². The number of hydrogen-bond acceptors (Lipinski definition) is 3. The molecule has 2 N–H and O–H groups in total. The first-order chi connectivity index (χ1) is 9.09. The van der Waals surface area contributed by atoms with Gasteiger partial charge in [0.2, 0.25) is 0 Å². The third kappa shape index (κ3) is 2.90. The SMILES string of the molecule is Cn1ccnc1CCNC(=O)c1c(O)cccc1F. The van der Waals surface area contributed by atoms with Gasteiger partial charge in [0.15, 0.2) is 0 Å². The van der Waals surface area contributed by atoms with E-state index >= 15 is 0 Å². The molecule has 0 atom stereocenters. The van der Waals surface area contributed by atoms with Crippen LogP contribution in [0.1, 0.15) is 16.2 Å². The standard InChI is InChI=1S/C13H14FN3O2/c1-17-8-7-15-11(17)5-6-16-13(19)12-9(14)3-2-4-10(12)18/h2-4,7-8,18H,5-6H2,1H3,(H,16,19). The molecule has 0 fully saturated rings. The quantitative estimate of drug-likeness (QED) is 0.872. The maximum Gasteiger partial charge on any atom is 0.258 e. The van der Waals surface area contributed by atoms with Crippen molar-refractivity contribution in [3.05, 3.63) is 47.8 Å². The number of aromatic nitrogens is 2. The van der Waals surface area contributed by atoms with Crippen molar-refractivity contribution in [3.8, 4) is 5.75 Å². The van der Waals surface area contributed by atoms with Gasteiger partial charge in [-0.2, -0.15) is 0 Å². The summed E-state index contributed by atoms with van der Waals surface area (Å²) in [6.07, 6.45) is 4.00. The highest BCUT2D eigenvalue weighted by Crippen LogP contribution is 2.19. The molecule has 2 rings (SSSR count). The van der Waals surface area contributed by atoms with Crippen LogP contribution in [0.3, 0.4) is 0 Å². The minimum atomic E-state index is -0.741. The lowest BCUT2D eigenvalue weighted by Crippen LogP contribution is -2.27. The van der Waals surface area contributed by atoms with Crippen LogP contribution in [0.2, 0.25) is 0 Å². The molecule has 5 nitrogen and oxygen atoms in total. The number of amides is 1. The second-order valence-corrected chi connectivity index (χ2v) is 4.09. The smallest absolute Gasteiger partial charge is 0.258 e. The van der Waals surface area contributed by atoms with Crippen molar-refractivity contribution in [2.45, 2.75) is 6.42 Å². The molecule has 100 valence electrons. The Balaban J connectivity index is 1.97. The molecule has 1 heterocycles. The molecule has 0 radical (unpaired) electrons. The number of phenols is 1. The molecular formula is C13H14FN3O2. The molecule has 1 aromatic heterocycles. The summed E-state index contributed by atoms with van der Waals surface area (Å²) in [6, 6.07) is 3.75. The number of rotatable bonds is 4. The predicted molar refractivity (Wildman–Crippen MR) is 67.3 cm³/mol. The topological polar surface area (TPSA) is 67.2 Å². The van der Waals surface area contributed by atoms with Gasteiger partial charge < -0.3 is 15.0 Å². The first-order valence-electron chi connectivity index (χ1n) is 5.81. The van der Waals surface area contributed by atoms with Gasteiger partial charge >= 0.3 is 0 Å². The summed E-state index contributed by atoms with van der Waals surface area (Å²) >= 11 is 0. The number of carbonyl (C=O) groups is 1. The van der Waals surface area contributed by atoms with Gasteiger partial charge in [0, 0.05) is 32.4 Å². The maximum absolute atomic E-state index is 13.4. The average molecular weight is 263 g/mol. The Morgan fingerprint density at radius 3 is 2.95 bits per heavy atom. The molecule has 0 unspecified atom stereocenters. The average Bonchev–Trinajstić information content (AvgIpc) is 2.75. The van der Waals surface area contributed by atoms with E-state index in [-0.39, 0.29) is 11.3 Å². The fourth-order valence-electron chi connectivity index (χ4n) is 1.75. The largest absolute Gasteiger partial charge is 0.507 e. The first kappa shape index (κ1) is 13.1. The molecule has 19 heavy (non-hydrogen) atoms. The van der Waals surface area contributed by atoms with Crippen LogP contribution in [0.25, 0.3) is 0 Å². The van der Waals surface area contributed by atoms with Crippen molar-refractivity contribution in [2.24, 2.45) is 7.05 Å². The number of phenolic OH excluding ortho intramolecular Hbond substituents is 1. The van der Waals surface area contributed by atoms with Gasteiger partial charge in [0.25, 0.3) is 5.91 Å². The van der Waals surface area contributed by atoms with Crippen LogP contribution in [0.4, 0.5) is 4.39 Å². The second kappa shape index (κ2) is 5.51. The highest BCUT2D eigenvalue weighted by atomic mass is 19.1. The monoisotopic (exact) mass is 263 g/mol. The van der Waals surface area contributed by atoms with E-state index in [4.69, 9.17) is 0 Å². The molecule has 2 aromatic rings. The molecule has 1 aromatic carbocycles. The van der Waals surface area contributed by atoms with Gasteiger partial charge in [-0.05, 0) is 12.1 Å².